The third-order valence-corrected chi connectivity index (χ3v) is 4.50. The molecule has 0 spiro atoms. The number of carbonyl (C=O) groups is 1. The Balaban J connectivity index is 1.78. The maximum atomic E-state index is 12.3. The van der Waals surface area contributed by atoms with Crippen LogP contribution in [0.1, 0.15) is 57.6 Å². The van der Waals surface area contributed by atoms with E-state index in [1.54, 1.807) is 0 Å². The van der Waals surface area contributed by atoms with Crippen molar-refractivity contribution in [1.82, 2.24) is 5.32 Å². The highest BCUT2D eigenvalue weighted by Gasteiger charge is 2.10. The average molecular weight is 369 g/mol. The molecule has 0 radical (unpaired) electrons. The third-order valence-electron chi connectivity index (χ3n) is 4.50. The van der Waals surface area contributed by atoms with Crippen LogP contribution in [0.15, 0.2) is 54.6 Å². The van der Waals surface area contributed by atoms with Crippen molar-refractivity contribution in [3.05, 3.63) is 60.2 Å². The fraction of sp³-hybridized carbons (Fsp3) is 0.435. The van der Waals surface area contributed by atoms with Crippen LogP contribution >= 0.6 is 0 Å². The van der Waals surface area contributed by atoms with Crippen LogP contribution in [0.25, 0.3) is 0 Å². The molecule has 0 saturated carbocycles. The van der Waals surface area contributed by atoms with Crippen LogP contribution in [0, 0.1) is 0 Å². The predicted octanol–water partition coefficient (Wildman–Crippen LogP) is 5.33. The molecule has 0 fully saturated rings. The lowest BCUT2D eigenvalue weighted by Gasteiger charge is -2.17. The first-order valence-corrected chi connectivity index (χ1v) is 10.0. The Labute approximate surface area is 163 Å². The second kappa shape index (κ2) is 12.1. The van der Waals surface area contributed by atoms with E-state index in [1.165, 1.54) is 24.8 Å². The molecule has 2 N–H and O–H groups in total. The Bertz CT molecular complexity index is 673. The second-order valence-corrected chi connectivity index (χ2v) is 6.74. The number of hydrogen-bond acceptors (Lipinski definition) is 3. The van der Waals surface area contributed by atoms with Gasteiger partial charge in [0.2, 0.25) is 5.91 Å². The zero-order valence-corrected chi connectivity index (χ0v) is 16.5. The number of ether oxygens (including phenoxy) is 1. The van der Waals surface area contributed by atoms with Gasteiger partial charge in [-0.1, -0.05) is 69.5 Å². The summed E-state index contributed by atoms with van der Waals surface area (Å²) in [6, 6.07) is 18.0. The minimum Gasteiger partial charge on any atom is -0.494 e. The molecule has 27 heavy (non-hydrogen) atoms. The molecule has 1 unspecified atom stereocenters. The van der Waals surface area contributed by atoms with Crippen LogP contribution in [0.4, 0.5) is 5.69 Å². The fourth-order valence-corrected chi connectivity index (χ4v) is 2.99. The minimum absolute atomic E-state index is 0.0514. The molecule has 4 nitrogen and oxygen atoms in total. The summed E-state index contributed by atoms with van der Waals surface area (Å²) in [6.45, 7) is 5.30. The fourth-order valence-electron chi connectivity index (χ4n) is 2.99. The SMILES string of the molecule is CCCCCCOc1cccc(NC(=O)CNC(CC)c2ccccc2)c1. The highest BCUT2D eigenvalue weighted by atomic mass is 16.5. The van der Waals surface area contributed by atoms with Crippen LogP contribution in [-0.4, -0.2) is 19.1 Å². The molecule has 0 aliphatic rings. The highest BCUT2D eigenvalue weighted by Crippen LogP contribution is 2.18. The number of benzene rings is 2. The zero-order chi connectivity index (χ0) is 19.3. The Morgan fingerprint density at radius 2 is 1.81 bits per heavy atom. The quantitative estimate of drug-likeness (QED) is 0.498. The van der Waals surface area contributed by atoms with Gasteiger partial charge in [0.15, 0.2) is 0 Å². The van der Waals surface area contributed by atoms with Crippen LogP contribution < -0.4 is 15.4 Å². The molecule has 4 heteroatoms. The molecule has 0 aromatic heterocycles. The molecule has 0 aliphatic carbocycles. The van der Waals surface area contributed by atoms with Gasteiger partial charge in [-0.25, -0.2) is 0 Å². The van der Waals surface area contributed by atoms with Crippen molar-refractivity contribution < 1.29 is 9.53 Å². The van der Waals surface area contributed by atoms with Gasteiger partial charge in [-0.2, -0.15) is 0 Å². The van der Waals surface area contributed by atoms with Crippen molar-refractivity contribution in [2.24, 2.45) is 0 Å². The van der Waals surface area contributed by atoms with E-state index >= 15 is 0 Å². The predicted molar refractivity (Wildman–Crippen MR) is 112 cm³/mol. The van der Waals surface area contributed by atoms with E-state index in [0.29, 0.717) is 6.61 Å². The zero-order valence-electron chi connectivity index (χ0n) is 16.5. The first kappa shape index (κ1) is 21.0. The lowest BCUT2D eigenvalue weighted by Crippen LogP contribution is -2.31. The Kier molecular flexibility index (Phi) is 9.42. The monoisotopic (exact) mass is 368 g/mol. The molecule has 0 aliphatic heterocycles. The van der Waals surface area contributed by atoms with Gasteiger partial charge in [-0.15, -0.1) is 0 Å². The molecule has 0 heterocycles. The van der Waals surface area contributed by atoms with Gasteiger partial charge in [-0.05, 0) is 30.5 Å². The molecule has 1 atom stereocenters. The number of rotatable bonds is 12. The van der Waals surface area contributed by atoms with Crippen LogP contribution in [0.5, 0.6) is 5.75 Å². The van der Waals surface area contributed by atoms with Gasteiger partial charge in [0, 0.05) is 17.8 Å². The Morgan fingerprint density at radius 1 is 1.00 bits per heavy atom. The molecular formula is C23H32N2O2. The van der Waals surface area contributed by atoms with Crippen molar-refractivity contribution in [1.29, 1.82) is 0 Å². The van der Waals surface area contributed by atoms with Crippen LogP contribution in [-0.2, 0) is 4.79 Å². The molecule has 2 aromatic rings. The van der Waals surface area contributed by atoms with Gasteiger partial charge in [0.05, 0.1) is 13.2 Å². The maximum absolute atomic E-state index is 12.3. The third kappa shape index (κ3) is 7.83. The first-order valence-electron chi connectivity index (χ1n) is 10.0. The summed E-state index contributed by atoms with van der Waals surface area (Å²) >= 11 is 0. The van der Waals surface area contributed by atoms with Crippen molar-refractivity contribution in [2.75, 3.05) is 18.5 Å². The van der Waals surface area contributed by atoms with E-state index in [1.807, 2.05) is 42.5 Å². The average Bonchev–Trinajstić information content (AvgIpc) is 2.69. The molecule has 1 amide bonds. The topological polar surface area (TPSA) is 50.4 Å². The second-order valence-electron chi connectivity index (χ2n) is 6.74. The van der Waals surface area contributed by atoms with Gasteiger partial charge in [0.1, 0.15) is 5.75 Å². The van der Waals surface area contributed by atoms with E-state index in [-0.39, 0.29) is 18.5 Å². The lowest BCUT2D eigenvalue weighted by atomic mass is 10.0. The van der Waals surface area contributed by atoms with E-state index in [0.717, 1.165) is 24.3 Å². The van der Waals surface area contributed by atoms with Gasteiger partial charge in [-0.3, -0.25) is 4.79 Å². The minimum atomic E-state index is -0.0514. The summed E-state index contributed by atoms with van der Waals surface area (Å²) in [5.41, 5.74) is 1.96. The largest absolute Gasteiger partial charge is 0.494 e. The van der Waals surface area contributed by atoms with Crippen LogP contribution in [0.3, 0.4) is 0 Å². The number of hydrogen-bond donors (Lipinski definition) is 2. The first-order chi connectivity index (χ1) is 13.2. The number of anilines is 1. The van der Waals surface area contributed by atoms with E-state index in [9.17, 15) is 4.79 Å². The van der Waals surface area contributed by atoms with Crippen molar-refractivity contribution in [3.8, 4) is 5.75 Å². The molecule has 2 aromatic carbocycles. The van der Waals surface area contributed by atoms with Crippen molar-refractivity contribution in [3.63, 3.8) is 0 Å². The van der Waals surface area contributed by atoms with Gasteiger partial charge in [0.25, 0.3) is 0 Å². The standard InChI is InChI=1S/C23H32N2O2/c1-3-5-6-10-16-27-21-15-11-14-20(17-21)25-23(26)18-24-22(4-2)19-12-8-7-9-13-19/h7-9,11-15,17,22,24H,3-6,10,16,18H2,1-2H3,(H,25,26). The number of carbonyl (C=O) groups excluding carboxylic acids is 1. The molecule has 2 rings (SSSR count). The van der Waals surface area contributed by atoms with E-state index < -0.39 is 0 Å². The van der Waals surface area contributed by atoms with E-state index in [4.69, 9.17) is 4.74 Å². The molecule has 0 saturated heterocycles. The number of nitrogens with one attached hydrogen (secondary N) is 2. The lowest BCUT2D eigenvalue weighted by molar-refractivity contribution is -0.115. The van der Waals surface area contributed by atoms with Gasteiger partial charge < -0.3 is 15.4 Å². The van der Waals surface area contributed by atoms with E-state index in [2.05, 4.69) is 36.6 Å². The van der Waals surface area contributed by atoms with Crippen LogP contribution in [0.2, 0.25) is 0 Å². The number of unbranched alkanes of at least 4 members (excludes halogenated alkanes) is 3. The summed E-state index contributed by atoms with van der Waals surface area (Å²) in [7, 11) is 0. The van der Waals surface area contributed by atoms with Gasteiger partial charge >= 0.3 is 0 Å². The summed E-state index contributed by atoms with van der Waals surface area (Å²) in [5.74, 6) is 0.748. The highest BCUT2D eigenvalue weighted by molar-refractivity contribution is 5.92. The molecule has 146 valence electrons. The summed E-state index contributed by atoms with van der Waals surface area (Å²) in [4.78, 5) is 12.3. The molecular weight excluding hydrogens is 336 g/mol. The maximum Gasteiger partial charge on any atom is 0.238 e. The smallest absolute Gasteiger partial charge is 0.238 e. The normalized spacial score (nSPS) is 11.8. The van der Waals surface area contributed by atoms with Crippen molar-refractivity contribution in [2.45, 2.75) is 52.0 Å². The summed E-state index contributed by atoms with van der Waals surface area (Å²) in [5, 5.41) is 6.27. The molecule has 0 bridgehead atoms. The summed E-state index contributed by atoms with van der Waals surface area (Å²) < 4.78 is 5.78. The van der Waals surface area contributed by atoms with Crippen molar-refractivity contribution >= 4 is 11.6 Å². The Morgan fingerprint density at radius 3 is 2.56 bits per heavy atom. The Hall–Kier alpha value is -2.33. The number of amides is 1. The summed E-state index contributed by atoms with van der Waals surface area (Å²) in [6.07, 6.45) is 5.65.